The SMILES string of the molecule is COc1cc(C(=O)/C=C/c2csc(N(C(C)=O)c3ccc(F)cc3F)n2)ccc1O. The average molecular weight is 430 g/mol. The molecule has 1 N–H and O–H groups in total. The number of carbonyl (C=O) groups is 2. The van der Waals surface area contributed by atoms with Crippen molar-refractivity contribution >= 4 is 39.9 Å². The fourth-order valence-electron chi connectivity index (χ4n) is 2.61. The van der Waals surface area contributed by atoms with Crippen molar-refractivity contribution in [3.8, 4) is 11.5 Å². The molecule has 3 aromatic rings. The summed E-state index contributed by atoms with van der Waals surface area (Å²) in [6.07, 6.45) is 2.72. The van der Waals surface area contributed by atoms with Crippen LogP contribution >= 0.6 is 11.3 Å². The number of allylic oxidation sites excluding steroid dienone is 1. The van der Waals surface area contributed by atoms with Crippen molar-refractivity contribution < 1.29 is 28.2 Å². The fraction of sp³-hybridized carbons (Fsp3) is 0.0952. The van der Waals surface area contributed by atoms with Gasteiger partial charge in [-0.2, -0.15) is 0 Å². The minimum atomic E-state index is -0.894. The van der Waals surface area contributed by atoms with E-state index in [9.17, 15) is 23.5 Å². The summed E-state index contributed by atoms with van der Waals surface area (Å²) in [7, 11) is 1.38. The third kappa shape index (κ3) is 4.52. The van der Waals surface area contributed by atoms with Crippen molar-refractivity contribution in [3.63, 3.8) is 0 Å². The lowest BCUT2D eigenvalue weighted by Crippen LogP contribution is -2.23. The van der Waals surface area contributed by atoms with Crippen LogP contribution in [0.15, 0.2) is 47.9 Å². The molecule has 0 atom stereocenters. The van der Waals surface area contributed by atoms with Crippen LogP contribution < -0.4 is 9.64 Å². The molecule has 0 saturated heterocycles. The molecule has 3 rings (SSSR count). The first-order chi connectivity index (χ1) is 14.3. The maximum absolute atomic E-state index is 14.1. The number of methoxy groups -OCH3 is 1. The van der Waals surface area contributed by atoms with E-state index in [-0.39, 0.29) is 28.1 Å². The minimum absolute atomic E-state index is 0.0838. The van der Waals surface area contributed by atoms with Crippen LogP contribution in [0.4, 0.5) is 19.6 Å². The summed E-state index contributed by atoms with van der Waals surface area (Å²) in [6.45, 7) is 1.24. The summed E-state index contributed by atoms with van der Waals surface area (Å²) in [5, 5.41) is 11.4. The standard InChI is InChI=1S/C21H16F2N2O4S/c1-12(26)25(17-6-4-14(22)10-16(17)23)21-24-15(11-30-21)5-8-18(27)13-3-7-19(28)20(9-13)29-2/h3-11,28H,1-2H3/b8-5+. The second-order valence-electron chi connectivity index (χ2n) is 6.09. The maximum atomic E-state index is 14.1. The second kappa shape index (κ2) is 8.83. The number of ether oxygens (including phenoxy) is 1. The van der Waals surface area contributed by atoms with Gasteiger partial charge in [0.25, 0.3) is 0 Å². The molecule has 154 valence electrons. The Bertz CT molecular complexity index is 1140. The predicted octanol–water partition coefficient (Wildman–Crippen LogP) is 4.72. The van der Waals surface area contributed by atoms with E-state index in [1.807, 2.05) is 0 Å². The Kier molecular flexibility index (Phi) is 6.22. The van der Waals surface area contributed by atoms with E-state index < -0.39 is 17.5 Å². The summed E-state index contributed by atoms with van der Waals surface area (Å²) in [5.74, 6) is -2.42. The zero-order valence-corrected chi connectivity index (χ0v) is 16.7. The van der Waals surface area contributed by atoms with Crippen molar-refractivity contribution in [2.24, 2.45) is 0 Å². The average Bonchev–Trinajstić information content (AvgIpc) is 3.16. The summed E-state index contributed by atoms with van der Waals surface area (Å²) < 4.78 is 32.3. The Morgan fingerprint density at radius 3 is 2.63 bits per heavy atom. The van der Waals surface area contributed by atoms with Gasteiger partial charge < -0.3 is 9.84 Å². The molecule has 0 spiro atoms. The largest absolute Gasteiger partial charge is 0.504 e. The third-order valence-corrected chi connectivity index (χ3v) is 4.88. The monoisotopic (exact) mass is 430 g/mol. The van der Waals surface area contributed by atoms with Gasteiger partial charge in [-0.05, 0) is 42.5 Å². The zero-order chi connectivity index (χ0) is 21.8. The highest BCUT2D eigenvalue weighted by Crippen LogP contribution is 2.31. The van der Waals surface area contributed by atoms with Gasteiger partial charge >= 0.3 is 0 Å². The number of hydrogen-bond acceptors (Lipinski definition) is 6. The van der Waals surface area contributed by atoms with E-state index in [1.165, 1.54) is 44.4 Å². The second-order valence-corrected chi connectivity index (χ2v) is 6.93. The van der Waals surface area contributed by atoms with Crippen LogP contribution in [0.5, 0.6) is 11.5 Å². The third-order valence-electron chi connectivity index (χ3n) is 4.04. The van der Waals surface area contributed by atoms with Gasteiger partial charge in [-0.15, -0.1) is 11.3 Å². The summed E-state index contributed by atoms with van der Waals surface area (Å²) in [6, 6.07) is 7.10. The zero-order valence-electron chi connectivity index (χ0n) is 15.9. The van der Waals surface area contributed by atoms with Gasteiger partial charge in [0.05, 0.1) is 18.5 Å². The summed E-state index contributed by atoms with van der Waals surface area (Å²) in [4.78, 5) is 29.7. The molecule has 0 aliphatic rings. The smallest absolute Gasteiger partial charge is 0.230 e. The van der Waals surface area contributed by atoms with E-state index in [4.69, 9.17) is 4.74 Å². The molecule has 0 saturated carbocycles. The molecule has 30 heavy (non-hydrogen) atoms. The van der Waals surface area contributed by atoms with Crippen LogP contribution in [-0.2, 0) is 4.79 Å². The quantitative estimate of drug-likeness (QED) is 0.452. The van der Waals surface area contributed by atoms with Gasteiger partial charge in [-0.25, -0.2) is 13.8 Å². The van der Waals surface area contributed by atoms with Gasteiger partial charge in [-0.1, -0.05) is 0 Å². The number of benzene rings is 2. The molecule has 0 fully saturated rings. The van der Waals surface area contributed by atoms with Crippen LogP contribution in [0, 0.1) is 11.6 Å². The number of halogens is 2. The number of ketones is 1. The molecule has 0 radical (unpaired) electrons. The van der Waals surface area contributed by atoms with E-state index in [0.29, 0.717) is 17.3 Å². The van der Waals surface area contributed by atoms with Crippen molar-refractivity contribution in [2.45, 2.75) is 6.92 Å². The molecule has 6 nitrogen and oxygen atoms in total. The molecule has 1 aromatic heterocycles. The van der Waals surface area contributed by atoms with Gasteiger partial charge in [0.1, 0.15) is 11.6 Å². The van der Waals surface area contributed by atoms with Crippen molar-refractivity contribution in [1.29, 1.82) is 0 Å². The topological polar surface area (TPSA) is 79.7 Å². The van der Waals surface area contributed by atoms with Gasteiger partial charge in [-0.3, -0.25) is 14.5 Å². The number of rotatable bonds is 6. The van der Waals surface area contributed by atoms with Crippen molar-refractivity contribution in [3.05, 3.63) is 70.7 Å². The predicted molar refractivity (Wildman–Crippen MR) is 109 cm³/mol. The maximum Gasteiger partial charge on any atom is 0.230 e. The number of anilines is 2. The van der Waals surface area contributed by atoms with Crippen LogP contribution in [0.1, 0.15) is 23.0 Å². The Labute approximate surface area is 174 Å². The van der Waals surface area contributed by atoms with E-state index in [0.717, 1.165) is 28.4 Å². The Morgan fingerprint density at radius 2 is 1.97 bits per heavy atom. The van der Waals surface area contributed by atoms with E-state index >= 15 is 0 Å². The number of thiazole rings is 1. The number of phenolic OH excluding ortho intramolecular Hbond substituents is 1. The molecular formula is C21H16F2N2O4S. The number of aromatic nitrogens is 1. The first-order valence-corrected chi connectivity index (χ1v) is 9.49. The van der Waals surface area contributed by atoms with E-state index in [1.54, 1.807) is 5.38 Å². The van der Waals surface area contributed by atoms with Crippen molar-refractivity contribution in [2.75, 3.05) is 12.0 Å². The lowest BCUT2D eigenvalue weighted by Gasteiger charge is -2.18. The number of phenols is 1. The number of carbonyl (C=O) groups excluding carboxylic acids is 2. The molecule has 0 unspecified atom stereocenters. The van der Waals surface area contributed by atoms with E-state index in [2.05, 4.69) is 4.98 Å². The number of hydrogen-bond donors (Lipinski definition) is 1. The minimum Gasteiger partial charge on any atom is -0.504 e. The van der Waals surface area contributed by atoms with Crippen LogP contribution in [0.25, 0.3) is 6.08 Å². The first-order valence-electron chi connectivity index (χ1n) is 8.61. The summed E-state index contributed by atoms with van der Waals surface area (Å²) in [5.41, 5.74) is 0.555. The lowest BCUT2D eigenvalue weighted by molar-refractivity contribution is -0.115. The Morgan fingerprint density at radius 1 is 1.20 bits per heavy atom. The Hall–Kier alpha value is -3.59. The Balaban J connectivity index is 1.84. The normalized spacial score (nSPS) is 10.9. The first kappa shape index (κ1) is 21.1. The molecule has 2 aromatic carbocycles. The van der Waals surface area contributed by atoms with Crippen LogP contribution in [0.2, 0.25) is 0 Å². The van der Waals surface area contributed by atoms with Crippen molar-refractivity contribution in [1.82, 2.24) is 4.98 Å². The van der Waals surface area contributed by atoms with Crippen LogP contribution in [0.3, 0.4) is 0 Å². The highest BCUT2D eigenvalue weighted by Gasteiger charge is 2.21. The summed E-state index contributed by atoms with van der Waals surface area (Å²) >= 11 is 1.07. The molecule has 9 heteroatoms. The molecule has 0 aliphatic carbocycles. The lowest BCUT2D eigenvalue weighted by atomic mass is 10.1. The molecule has 0 aliphatic heterocycles. The fourth-order valence-corrected chi connectivity index (χ4v) is 3.46. The van der Waals surface area contributed by atoms with Gasteiger partial charge in [0.2, 0.25) is 5.91 Å². The molecule has 0 bridgehead atoms. The molecular weight excluding hydrogens is 414 g/mol. The van der Waals surface area contributed by atoms with Gasteiger partial charge in [0.15, 0.2) is 22.4 Å². The number of amides is 1. The molecule has 1 heterocycles. The number of nitrogens with zero attached hydrogens (tertiary/aromatic N) is 2. The molecule has 1 amide bonds. The highest BCUT2D eigenvalue weighted by molar-refractivity contribution is 7.14. The number of aromatic hydroxyl groups is 1. The van der Waals surface area contributed by atoms with Crippen LogP contribution in [-0.4, -0.2) is 28.9 Å². The highest BCUT2D eigenvalue weighted by atomic mass is 32.1. The van der Waals surface area contributed by atoms with Gasteiger partial charge in [0, 0.05) is 23.9 Å².